The second-order valence-corrected chi connectivity index (χ2v) is 4.30. The Morgan fingerprint density at radius 3 is 2.73 bits per heavy atom. The number of halogens is 1. The van der Waals surface area contributed by atoms with Crippen LogP contribution in [0.1, 0.15) is 0 Å². The second-order valence-electron chi connectivity index (χ2n) is 2.81. The lowest BCUT2D eigenvalue weighted by atomic mass is 10.4. The predicted molar refractivity (Wildman–Crippen MR) is 62.0 cm³/mol. The highest BCUT2D eigenvalue weighted by molar-refractivity contribution is 7.99. The molecule has 0 fully saturated rings. The summed E-state index contributed by atoms with van der Waals surface area (Å²) in [6.45, 7) is 0. The smallest absolute Gasteiger partial charge is 0.156 e. The summed E-state index contributed by atoms with van der Waals surface area (Å²) < 4.78 is 0. The van der Waals surface area contributed by atoms with Crippen molar-refractivity contribution in [1.29, 1.82) is 0 Å². The van der Waals surface area contributed by atoms with Crippen LogP contribution in [0.5, 0.6) is 0 Å². The van der Waals surface area contributed by atoms with E-state index in [4.69, 9.17) is 17.3 Å². The molecule has 0 aliphatic heterocycles. The van der Waals surface area contributed by atoms with Crippen LogP contribution in [0.3, 0.4) is 0 Å². The zero-order chi connectivity index (χ0) is 10.7. The van der Waals surface area contributed by atoms with Crippen molar-refractivity contribution in [2.45, 2.75) is 9.92 Å². The molecule has 76 valence electrons. The van der Waals surface area contributed by atoms with Crippen LogP contribution in [-0.4, -0.2) is 9.97 Å². The highest BCUT2D eigenvalue weighted by atomic mass is 35.5. The van der Waals surface area contributed by atoms with Crippen LogP contribution in [0.15, 0.2) is 46.6 Å². The first-order valence-electron chi connectivity index (χ1n) is 4.25. The third-order valence-corrected chi connectivity index (χ3v) is 2.93. The minimum Gasteiger partial charge on any atom is -0.381 e. The SMILES string of the molecule is Nc1nccnc1Sc1cccc(Cl)c1. The van der Waals surface area contributed by atoms with Crippen molar-refractivity contribution in [3.8, 4) is 0 Å². The summed E-state index contributed by atoms with van der Waals surface area (Å²) in [5.41, 5.74) is 5.68. The molecule has 0 unspecified atom stereocenters. The van der Waals surface area contributed by atoms with E-state index in [0.29, 0.717) is 15.9 Å². The van der Waals surface area contributed by atoms with Crippen molar-refractivity contribution in [2.24, 2.45) is 0 Å². The molecular weight excluding hydrogens is 230 g/mol. The van der Waals surface area contributed by atoms with Crippen LogP contribution in [0.4, 0.5) is 5.82 Å². The summed E-state index contributed by atoms with van der Waals surface area (Å²) >= 11 is 7.32. The van der Waals surface area contributed by atoms with Gasteiger partial charge in [0.15, 0.2) is 5.82 Å². The first-order chi connectivity index (χ1) is 7.25. The molecular formula is C10H8ClN3S. The predicted octanol–water partition coefficient (Wildman–Crippen LogP) is 2.86. The van der Waals surface area contributed by atoms with Crippen LogP contribution in [0.2, 0.25) is 5.02 Å². The second kappa shape index (κ2) is 4.51. The Labute approximate surface area is 96.7 Å². The quantitative estimate of drug-likeness (QED) is 0.873. The number of nitrogens with zero attached hydrogens (tertiary/aromatic N) is 2. The molecule has 0 bridgehead atoms. The molecule has 2 rings (SSSR count). The molecule has 2 N–H and O–H groups in total. The molecule has 1 aromatic heterocycles. The maximum Gasteiger partial charge on any atom is 0.156 e. The molecule has 0 aliphatic rings. The first-order valence-corrected chi connectivity index (χ1v) is 5.45. The maximum atomic E-state index is 5.87. The van der Waals surface area contributed by atoms with E-state index in [0.717, 1.165) is 4.90 Å². The number of hydrogen-bond acceptors (Lipinski definition) is 4. The van der Waals surface area contributed by atoms with E-state index in [1.807, 2.05) is 24.3 Å². The van der Waals surface area contributed by atoms with E-state index in [2.05, 4.69) is 9.97 Å². The molecule has 1 aromatic carbocycles. The molecule has 5 heteroatoms. The Hall–Kier alpha value is -1.26. The molecule has 2 aromatic rings. The van der Waals surface area contributed by atoms with Gasteiger partial charge in [0.25, 0.3) is 0 Å². The average molecular weight is 238 g/mol. The fraction of sp³-hybridized carbons (Fsp3) is 0. The lowest BCUT2D eigenvalue weighted by molar-refractivity contribution is 1.07. The summed E-state index contributed by atoms with van der Waals surface area (Å²) in [6, 6.07) is 7.52. The van der Waals surface area contributed by atoms with Crippen molar-refractivity contribution in [2.75, 3.05) is 5.73 Å². The Morgan fingerprint density at radius 2 is 2.00 bits per heavy atom. The standard InChI is InChI=1S/C10H8ClN3S/c11-7-2-1-3-8(6-7)15-10-9(12)13-4-5-14-10/h1-6H,(H2,12,13). The van der Waals surface area contributed by atoms with Crippen LogP contribution in [0, 0.1) is 0 Å². The minimum atomic E-state index is 0.433. The molecule has 0 atom stereocenters. The molecule has 0 saturated heterocycles. The average Bonchev–Trinajstić information content (AvgIpc) is 2.22. The van der Waals surface area contributed by atoms with E-state index in [9.17, 15) is 0 Å². The molecule has 1 heterocycles. The zero-order valence-electron chi connectivity index (χ0n) is 7.72. The summed E-state index contributed by atoms with van der Waals surface area (Å²) in [5, 5.41) is 1.39. The first kappa shape index (κ1) is 10.3. The number of rotatable bonds is 2. The lowest BCUT2D eigenvalue weighted by Crippen LogP contribution is -1.94. The molecule has 0 amide bonds. The Balaban J connectivity index is 2.26. The van der Waals surface area contributed by atoms with Gasteiger partial charge in [0.1, 0.15) is 5.03 Å². The van der Waals surface area contributed by atoms with E-state index in [1.165, 1.54) is 11.8 Å². The van der Waals surface area contributed by atoms with E-state index in [1.54, 1.807) is 12.4 Å². The number of nitrogen functional groups attached to an aromatic ring is 1. The molecule has 0 spiro atoms. The number of nitrogens with two attached hydrogens (primary N) is 1. The van der Waals surface area contributed by atoms with Crippen LogP contribution in [-0.2, 0) is 0 Å². The highest BCUT2D eigenvalue weighted by Gasteiger charge is 2.03. The van der Waals surface area contributed by atoms with Gasteiger partial charge in [-0.3, -0.25) is 0 Å². The van der Waals surface area contributed by atoms with Gasteiger partial charge in [-0.15, -0.1) is 0 Å². The number of benzene rings is 1. The van der Waals surface area contributed by atoms with Crippen molar-refractivity contribution < 1.29 is 0 Å². The topological polar surface area (TPSA) is 51.8 Å². The highest BCUT2D eigenvalue weighted by Crippen LogP contribution is 2.30. The van der Waals surface area contributed by atoms with Gasteiger partial charge in [-0.25, -0.2) is 9.97 Å². The van der Waals surface area contributed by atoms with Crippen molar-refractivity contribution in [1.82, 2.24) is 9.97 Å². The van der Waals surface area contributed by atoms with Gasteiger partial charge < -0.3 is 5.73 Å². The normalized spacial score (nSPS) is 10.2. The largest absolute Gasteiger partial charge is 0.381 e. The Bertz CT molecular complexity index is 476. The summed E-state index contributed by atoms with van der Waals surface area (Å²) in [6.07, 6.45) is 3.18. The number of aromatic nitrogens is 2. The fourth-order valence-electron chi connectivity index (χ4n) is 1.06. The van der Waals surface area contributed by atoms with Gasteiger partial charge >= 0.3 is 0 Å². The summed E-state index contributed by atoms with van der Waals surface area (Å²) in [7, 11) is 0. The Kier molecular flexibility index (Phi) is 3.08. The van der Waals surface area contributed by atoms with E-state index < -0.39 is 0 Å². The van der Waals surface area contributed by atoms with E-state index >= 15 is 0 Å². The third-order valence-electron chi connectivity index (χ3n) is 1.70. The fourth-order valence-corrected chi connectivity index (χ4v) is 2.14. The van der Waals surface area contributed by atoms with Gasteiger partial charge in [-0.2, -0.15) is 0 Å². The lowest BCUT2D eigenvalue weighted by Gasteiger charge is -2.02. The van der Waals surface area contributed by atoms with Crippen LogP contribution < -0.4 is 5.73 Å². The Morgan fingerprint density at radius 1 is 1.20 bits per heavy atom. The van der Waals surface area contributed by atoms with E-state index in [-0.39, 0.29) is 0 Å². The maximum absolute atomic E-state index is 5.87. The molecule has 0 aliphatic carbocycles. The van der Waals surface area contributed by atoms with Crippen molar-refractivity contribution >= 4 is 29.2 Å². The molecule has 0 radical (unpaired) electrons. The van der Waals surface area contributed by atoms with Gasteiger partial charge in [-0.05, 0) is 18.2 Å². The van der Waals surface area contributed by atoms with Crippen molar-refractivity contribution in [3.05, 3.63) is 41.7 Å². The number of anilines is 1. The minimum absolute atomic E-state index is 0.433. The molecule has 3 nitrogen and oxygen atoms in total. The molecule has 15 heavy (non-hydrogen) atoms. The van der Waals surface area contributed by atoms with Crippen molar-refractivity contribution in [3.63, 3.8) is 0 Å². The molecule has 0 saturated carbocycles. The zero-order valence-corrected chi connectivity index (χ0v) is 9.29. The summed E-state index contributed by atoms with van der Waals surface area (Å²) in [4.78, 5) is 9.09. The number of hydrogen-bond donors (Lipinski definition) is 1. The summed E-state index contributed by atoms with van der Waals surface area (Å²) in [5.74, 6) is 0.433. The van der Waals surface area contributed by atoms with Gasteiger partial charge in [0, 0.05) is 22.3 Å². The third kappa shape index (κ3) is 2.61. The van der Waals surface area contributed by atoms with Crippen LogP contribution in [0.25, 0.3) is 0 Å². The van der Waals surface area contributed by atoms with Gasteiger partial charge in [0.05, 0.1) is 0 Å². The van der Waals surface area contributed by atoms with Crippen LogP contribution >= 0.6 is 23.4 Å². The van der Waals surface area contributed by atoms with Gasteiger partial charge in [-0.1, -0.05) is 29.4 Å². The monoisotopic (exact) mass is 237 g/mol. The van der Waals surface area contributed by atoms with Gasteiger partial charge in [0.2, 0.25) is 0 Å².